The number of anilines is 1. The molecule has 1 aromatic carbocycles. The van der Waals surface area contributed by atoms with Gasteiger partial charge in [0.25, 0.3) is 0 Å². The Hall–Kier alpha value is -1.32. The fourth-order valence-corrected chi connectivity index (χ4v) is 2.61. The van der Waals surface area contributed by atoms with Crippen molar-refractivity contribution in [3.05, 3.63) is 41.4 Å². The molecule has 0 radical (unpaired) electrons. The monoisotopic (exact) mass is 278 g/mol. The highest BCUT2D eigenvalue weighted by molar-refractivity contribution is 6.31. The topological polar surface area (TPSA) is 23.6 Å². The molecule has 0 spiro atoms. The second-order valence-corrected chi connectivity index (χ2v) is 5.32. The van der Waals surface area contributed by atoms with Gasteiger partial charge in [0.15, 0.2) is 0 Å². The van der Waals surface area contributed by atoms with Crippen LogP contribution in [0, 0.1) is 6.92 Å². The standard InChI is InChI=1S/C15H19ClN2O/c1-4-7-17-8-9-18(15(19)12(17)3)14-10-13(16)6-5-11(14)2/h4-6,10,12H,1,7-9H2,2-3H3. The van der Waals surface area contributed by atoms with Crippen molar-refractivity contribution in [3.8, 4) is 0 Å². The van der Waals surface area contributed by atoms with Gasteiger partial charge in [0.05, 0.1) is 6.04 Å². The molecule has 1 heterocycles. The first kappa shape index (κ1) is 14.1. The van der Waals surface area contributed by atoms with Crippen molar-refractivity contribution in [2.24, 2.45) is 0 Å². The highest BCUT2D eigenvalue weighted by atomic mass is 35.5. The zero-order valence-corrected chi connectivity index (χ0v) is 12.2. The first-order valence-corrected chi connectivity index (χ1v) is 6.85. The van der Waals surface area contributed by atoms with Gasteiger partial charge in [-0.15, -0.1) is 6.58 Å². The van der Waals surface area contributed by atoms with Gasteiger partial charge in [-0.25, -0.2) is 0 Å². The van der Waals surface area contributed by atoms with Gasteiger partial charge in [-0.05, 0) is 31.5 Å². The van der Waals surface area contributed by atoms with Crippen LogP contribution in [0.15, 0.2) is 30.9 Å². The minimum atomic E-state index is -0.120. The van der Waals surface area contributed by atoms with Crippen LogP contribution in [0.2, 0.25) is 5.02 Å². The summed E-state index contributed by atoms with van der Waals surface area (Å²) in [7, 11) is 0. The molecule has 1 fully saturated rings. The van der Waals surface area contributed by atoms with E-state index < -0.39 is 0 Å². The number of nitrogens with zero attached hydrogens (tertiary/aromatic N) is 2. The summed E-state index contributed by atoms with van der Waals surface area (Å²) >= 11 is 6.04. The summed E-state index contributed by atoms with van der Waals surface area (Å²) in [6.45, 7) is 9.97. The van der Waals surface area contributed by atoms with Crippen LogP contribution >= 0.6 is 11.6 Å². The average molecular weight is 279 g/mol. The minimum Gasteiger partial charge on any atom is -0.309 e. The smallest absolute Gasteiger partial charge is 0.244 e. The Morgan fingerprint density at radius 3 is 2.89 bits per heavy atom. The maximum Gasteiger partial charge on any atom is 0.244 e. The molecule has 2 rings (SSSR count). The normalized spacial score (nSPS) is 20.7. The Morgan fingerprint density at radius 2 is 2.21 bits per heavy atom. The zero-order chi connectivity index (χ0) is 14.0. The Labute approximate surface area is 119 Å². The summed E-state index contributed by atoms with van der Waals surface area (Å²) < 4.78 is 0. The maximum absolute atomic E-state index is 12.5. The Kier molecular flexibility index (Phi) is 4.27. The number of hydrogen-bond donors (Lipinski definition) is 0. The highest BCUT2D eigenvalue weighted by Gasteiger charge is 2.32. The molecule has 19 heavy (non-hydrogen) atoms. The fraction of sp³-hybridized carbons (Fsp3) is 0.400. The van der Waals surface area contributed by atoms with Crippen molar-refractivity contribution in [1.29, 1.82) is 0 Å². The van der Waals surface area contributed by atoms with Crippen LogP contribution in [0.1, 0.15) is 12.5 Å². The lowest BCUT2D eigenvalue weighted by molar-refractivity contribution is -0.124. The lowest BCUT2D eigenvalue weighted by Crippen LogP contribution is -2.56. The van der Waals surface area contributed by atoms with Crippen LogP contribution < -0.4 is 4.90 Å². The Balaban J connectivity index is 2.25. The quantitative estimate of drug-likeness (QED) is 0.794. The average Bonchev–Trinajstić information content (AvgIpc) is 2.39. The first-order chi connectivity index (χ1) is 9.04. The number of amides is 1. The molecule has 0 N–H and O–H groups in total. The van der Waals surface area contributed by atoms with Gasteiger partial charge < -0.3 is 4.90 Å². The molecule has 1 amide bonds. The summed E-state index contributed by atoms with van der Waals surface area (Å²) in [4.78, 5) is 16.5. The van der Waals surface area contributed by atoms with Gasteiger partial charge in [0.1, 0.15) is 0 Å². The molecule has 0 aromatic heterocycles. The zero-order valence-electron chi connectivity index (χ0n) is 11.4. The summed E-state index contributed by atoms with van der Waals surface area (Å²) in [5, 5.41) is 0.662. The summed E-state index contributed by atoms with van der Waals surface area (Å²) in [6.07, 6.45) is 1.84. The van der Waals surface area contributed by atoms with E-state index in [1.807, 2.05) is 43.0 Å². The molecule has 1 atom stereocenters. The Morgan fingerprint density at radius 1 is 1.47 bits per heavy atom. The van der Waals surface area contributed by atoms with E-state index in [1.54, 1.807) is 0 Å². The van der Waals surface area contributed by atoms with E-state index in [-0.39, 0.29) is 11.9 Å². The third-order valence-electron chi connectivity index (χ3n) is 3.61. The van der Waals surface area contributed by atoms with Gasteiger partial charge in [0.2, 0.25) is 5.91 Å². The van der Waals surface area contributed by atoms with Crippen molar-refractivity contribution in [2.45, 2.75) is 19.9 Å². The number of hydrogen-bond acceptors (Lipinski definition) is 2. The molecule has 0 aliphatic carbocycles. The van der Waals surface area contributed by atoms with Gasteiger partial charge in [-0.2, -0.15) is 0 Å². The lowest BCUT2D eigenvalue weighted by atomic mass is 10.1. The predicted octanol–water partition coefficient (Wildman–Crippen LogP) is 2.87. The molecule has 0 saturated carbocycles. The third-order valence-corrected chi connectivity index (χ3v) is 3.84. The van der Waals surface area contributed by atoms with Gasteiger partial charge >= 0.3 is 0 Å². The van der Waals surface area contributed by atoms with E-state index in [9.17, 15) is 4.79 Å². The van der Waals surface area contributed by atoms with E-state index in [0.717, 1.165) is 24.3 Å². The van der Waals surface area contributed by atoms with Crippen LogP contribution in [0.3, 0.4) is 0 Å². The minimum absolute atomic E-state index is 0.120. The first-order valence-electron chi connectivity index (χ1n) is 6.47. The fourth-order valence-electron chi connectivity index (χ4n) is 2.44. The molecule has 1 aliphatic rings. The number of piperazine rings is 1. The number of benzene rings is 1. The lowest BCUT2D eigenvalue weighted by Gasteiger charge is -2.39. The van der Waals surface area contributed by atoms with Crippen molar-refractivity contribution >= 4 is 23.2 Å². The molecule has 1 unspecified atom stereocenters. The van der Waals surface area contributed by atoms with Crippen molar-refractivity contribution in [2.75, 3.05) is 24.5 Å². The molecule has 1 aromatic rings. The SMILES string of the molecule is C=CCN1CCN(c2cc(Cl)ccc2C)C(=O)C1C. The predicted molar refractivity (Wildman–Crippen MR) is 79.8 cm³/mol. The number of halogens is 1. The maximum atomic E-state index is 12.5. The van der Waals surface area contributed by atoms with Crippen LogP contribution in [-0.2, 0) is 4.79 Å². The van der Waals surface area contributed by atoms with Crippen molar-refractivity contribution in [3.63, 3.8) is 0 Å². The molecule has 0 bridgehead atoms. The number of carbonyl (C=O) groups excluding carboxylic acids is 1. The third kappa shape index (κ3) is 2.82. The summed E-state index contributed by atoms with van der Waals surface area (Å²) in [5.41, 5.74) is 1.99. The van der Waals surface area contributed by atoms with Crippen LogP contribution in [0.4, 0.5) is 5.69 Å². The van der Waals surface area contributed by atoms with Gasteiger partial charge in [-0.1, -0.05) is 23.7 Å². The number of aryl methyl sites for hydroxylation is 1. The number of carbonyl (C=O) groups is 1. The second kappa shape index (κ2) is 5.76. The summed E-state index contributed by atoms with van der Waals surface area (Å²) in [6, 6.07) is 5.55. The van der Waals surface area contributed by atoms with Crippen LogP contribution in [-0.4, -0.2) is 36.5 Å². The van der Waals surface area contributed by atoms with Crippen LogP contribution in [0.5, 0.6) is 0 Å². The van der Waals surface area contributed by atoms with Crippen LogP contribution in [0.25, 0.3) is 0 Å². The second-order valence-electron chi connectivity index (χ2n) is 4.88. The largest absolute Gasteiger partial charge is 0.309 e. The van der Waals surface area contributed by atoms with Crippen molar-refractivity contribution < 1.29 is 4.79 Å². The molecule has 3 nitrogen and oxygen atoms in total. The molecule has 1 aliphatic heterocycles. The molecule has 1 saturated heterocycles. The number of rotatable bonds is 3. The molecule has 102 valence electrons. The summed E-state index contributed by atoms with van der Waals surface area (Å²) in [5.74, 6) is 0.124. The van der Waals surface area contributed by atoms with E-state index in [1.165, 1.54) is 0 Å². The van der Waals surface area contributed by atoms with Crippen molar-refractivity contribution in [1.82, 2.24) is 4.90 Å². The highest BCUT2D eigenvalue weighted by Crippen LogP contribution is 2.27. The van der Waals surface area contributed by atoms with Gasteiger partial charge in [0, 0.05) is 30.3 Å². The van der Waals surface area contributed by atoms with E-state index >= 15 is 0 Å². The van der Waals surface area contributed by atoms with E-state index in [2.05, 4.69) is 11.5 Å². The molecular formula is C15H19ClN2O. The van der Waals surface area contributed by atoms with Gasteiger partial charge in [-0.3, -0.25) is 9.69 Å². The van der Waals surface area contributed by atoms with E-state index in [4.69, 9.17) is 11.6 Å². The Bertz CT molecular complexity index is 501. The molecule has 4 heteroatoms. The van der Waals surface area contributed by atoms with E-state index in [0.29, 0.717) is 11.6 Å². The molecular weight excluding hydrogens is 260 g/mol.